The first-order valence-corrected chi connectivity index (χ1v) is 20.1. The number of cyclic esters (lactones) is 1. The Balaban J connectivity index is 1.41. The Bertz CT molecular complexity index is 2580. The highest BCUT2D eigenvalue weighted by Crippen LogP contribution is 2.66. The molecule has 14 nitrogen and oxygen atoms in total. The molecule has 14 heteroatoms. The molecule has 0 aromatic heterocycles. The van der Waals surface area contributed by atoms with Crippen LogP contribution >= 0.6 is 0 Å². The summed E-state index contributed by atoms with van der Waals surface area (Å²) in [5.41, 5.74) is 6.11. The smallest absolute Gasteiger partial charge is 0.329 e. The number of hydrogen-bond acceptors (Lipinski definition) is 9. The molecule has 2 fully saturated rings. The fraction of sp³-hybridized carbons (Fsp3) is 0.229. The van der Waals surface area contributed by atoms with E-state index in [4.69, 9.17) is 15.2 Å². The van der Waals surface area contributed by atoms with Gasteiger partial charge in [-0.25, -0.2) is 14.5 Å². The number of urea groups is 2. The number of morpholine rings is 1. The Morgan fingerprint density at radius 1 is 0.855 bits per heavy atom. The number of carbonyl (C=O) groups is 5. The number of carboxylic acid groups (broad SMARTS) is 1. The average molecular weight is 834 g/mol. The number of amides is 5. The van der Waals surface area contributed by atoms with Crippen molar-refractivity contribution in [2.24, 2.45) is 11.7 Å². The van der Waals surface area contributed by atoms with E-state index in [1.807, 2.05) is 91.0 Å². The molecule has 3 aliphatic heterocycles. The Kier molecular flexibility index (Phi) is 11.5. The summed E-state index contributed by atoms with van der Waals surface area (Å²) >= 11 is 0. The van der Waals surface area contributed by atoms with Gasteiger partial charge in [0, 0.05) is 5.56 Å². The number of imide groups is 1. The van der Waals surface area contributed by atoms with Crippen LogP contribution in [0.4, 0.5) is 15.3 Å². The number of benzene rings is 5. The zero-order valence-electron chi connectivity index (χ0n) is 33.5. The van der Waals surface area contributed by atoms with Crippen LogP contribution < -0.4 is 26.0 Å². The molecule has 314 valence electrons. The second-order valence-corrected chi connectivity index (χ2v) is 15.2. The van der Waals surface area contributed by atoms with Crippen LogP contribution in [0.1, 0.15) is 64.5 Å². The molecule has 6 N–H and O–H groups in total. The molecule has 5 aromatic rings. The van der Waals surface area contributed by atoms with Gasteiger partial charge in [-0.15, -0.1) is 0 Å². The van der Waals surface area contributed by atoms with Gasteiger partial charge in [0.05, 0.1) is 37.0 Å². The van der Waals surface area contributed by atoms with E-state index in [1.165, 1.54) is 6.07 Å². The number of nitrogens with zero attached hydrogens (tertiary/aromatic N) is 2. The lowest BCUT2D eigenvalue weighted by Gasteiger charge is -2.46. The fourth-order valence-corrected chi connectivity index (χ4v) is 9.26. The fourth-order valence-electron chi connectivity index (χ4n) is 9.26. The van der Waals surface area contributed by atoms with Gasteiger partial charge in [-0.3, -0.25) is 19.3 Å². The number of nitrogens with one attached hydrogen (secondary N) is 2. The van der Waals surface area contributed by atoms with E-state index < -0.39 is 71.5 Å². The van der Waals surface area contributed by atoms with Crippen molar-refractivity contribution in [3.63, 3.8) is 0 Å². The summed E-state index contributed by atoms with van der Waals surface area (Å²) in [6.07, 6.45) is -0.972. The first kappa shape index (κ1) is 41.3. The van der Waals surface area contributed by atoms with Crippen LogP contribution in [0.15, 0.2) is 133 Å². The van der Waals surface area contributed by atoms with Gasteiger partial charge in [0.15, 0.2) is 0 Å². The van der Waals surface area contributed by atoms with E-state index in [9.17, 15) is 29.4 Å². The molecule has 3 aliphatic rings. The lowest BCUT2D eigenvalue weighted by atomic mass is 9.65. The van der Waals surface area contributed by atoms with Gasteiger partial charge < -0.3 is 36.1 Å². The molecule has 5 aromatic carbocycles. The summed E-state index contributed by atoms with van der Waals surface area (Å²) in [6, 6.07) is 33.0. The number of carboxylic acids is 1. The Hall–Kier alpha value is -7.47. The number of fused-ring (bicyclic) bond motifs is 3. The molecule has 62 heavy (non-hydrogen) atoms. The quantitative estimate of drug-likeness (QED) is 0.0909. The van der Waals surface area contributed by atoms with Crippen molar-refractivity contribution < 1.29 is 43.7 Å². The number of aliphatic carboxylic acids is 1. The molecule has 0 saturated carbocycles. The number of rotatable bonds is 10. The highest BCUT2D eigenvalue weighted by molar-refractivity contribution is 6.24. The first-order valence-electron chi connectivity index (χ1n) is 20.1. The molecule has 8 rings (SSSR count). The van der Waals surface area contributed by atoms with Gasteiger partial charge in [-0.2, -0.15) is 0 Å². The second-order valence-electron chi connectivity index (χ2n) is 15.2. The number of carbonyl (C=O) groups excluding carboxylic acids is 4. The molecule has 3 heterocycles. The second kappa shape index (κ2) is 17.3. The van der Waals surface area contributed by atoms with Gasteiger partial charge in [0.2, 0.25) is 5.91 Å². The van der Waals surface area contributed by atoms with Crippen LogP contribution in [0.2, 0.25) is 0 Å². The van der Waals surface area contributed by atoms with E-state index >= 15 is 4.79 Å². The molecular weight excluding hydrogens is 791 g/mol. The minimum atomic E-state index is -2.20. The third-order valence-corrected chi connectivity index (χ3v) is 11.7. The molecule has 0 aliphatic carbocycles. The molecule has 0 radical (unpaired) electrons. The number of nitrogens with two attached hydrogens (primary N) is 1. The third kappa shape index (κ3) is 7.27. The molecule has 2 saturated heterocycles. The van der Waals surface area contributed by atoms with Gasteiger partial charge >= 0.3 is 24.0 Å². The van der Waals surface area contributed by atoms with Crippen LogP contribution in [-0.2, 0) is 24.5 Å². The van der Waals surface area contributed by atoms with Gasteiger partial charge in [0.1, 0.15) is 35.8 Å². The predicted molar refractivity (Wildman–Crippen MR) is 226 cm³/mol. The summed E-state index contributed by atoms with van der Waals surface area (Å²) in [6.45, 7) is 1.32. The maximum atomic E-state index is 16.1. The van der Waals surface area contributed by atoms with Gasteiger partial charge in [-0.05, 0) is 65.1 Å². The number of aliphatic hydroxyl groups excluding tert-OH is 1. The lowest BCUT2D eigenvalue weighted by molar-refractivity contribution is -0.179. The van der Waals surface area contributed by atoms with Crippen molar-refractivity contribution in [2.75, 3.05) is 24.7 Å². The molecule has 1 unspecified atom stereocenters. The third-order valence-electron chi connectivity index (χ3n) is 11.7. The van der Waals surface area contributed by atoms with Crippen LogP contribution in [0.25, 0.3) is 0 Å². The van der Waals surface area contributed by atoms with Crippen molar-refractivity contribution in [2.45, 2.75) is 42.6 Å². The minimum absolute atomic E-state index is 0.0552. The van der Waals surface area contributed by atoms with E-state index in [0.29, 0.717) is 28.0 Å². The highest BCUT2D eigenvalue weighted by Gasteiger charge is 2.76. The largest absolute Gasteiger partial charge is 0.491 e. The Morgan fingerprint density at radius 3 is 2.18 bits per heavy atom. The maximum Gasteiger partial charge on any atom is 0.329 e. The van der Waals surface area contributed by atoms with E-state index in [0.717, 1.165) is 10.5 Å². The van der Waals surface area contributed by atoms with E-state index in [1.54, 1.807) is 48.2 Å². The highest BCUT2D eigenvalue weighted by atomic mass is 16.6. The molecule has 7 atom stereocenters. The van der Waals surface area contributed by atoms with E-state index in [-0.39, 0.29) is 31.0 Å². The van der Waals surface area contributed by atoms with Crippen molar-refractivity contribution in [3.05, 3.63) is 167 Å². The van der Waals surface area contributed by atoms with Crippen molar-refractivity contribution in [1.82, 2.24) is 15.5 Å². The normalized spacial score (nSPS) is 23.0. The van der Waals surface area contributed by atoms with Crippen LogP contribution in [0, 0.1) is 17.8 Å². The predicted octanol–water partition coefficient (Wildman–Crippen LogP) is 5.30. The molecule has 1 spiro atoms. The molecule has 5 amide bonds. The number of hydrogen-bond donors (Lipinski definition) is 5. The van der Waals surface area contributed by atoms with Crippen molar-refractivity contribution in [1.29, 1.82) is 0 Å². The number of ether oxygens (including phenoxy) is 2. The summed E-state index contributed by atoms with van der Waals surface area (Å²) in [7, 11) is 0. The number of primary amides is 1. The summed E-state index contributed by atoms with van der Waals surface area (Å²) in [4.78, 5) is 74.0. The van der Waals surface area contributed by atoms with Crippen molar-refractivity contribution >= 4 is 35.6 Å². The van der Waals surface area contributed by atoms with E-state index in [2.05, 4.69) is 22.5 Å². The standard InChI is InChI=1S/C48H43N5O9/c1-29(31-14-5-2-6-15-31)51-47(60)52-37-23-22-30(13-12-24-50-46(49)59)27-36(37)48(45(52)58)38(43(55)56)40-44(57)62-41(33-18-9-4-10-19-33)39(32-16-7-3-8-17-32)53(40)42(48)34-20-11-21-35(28-34)61-26-25-54/h2-11,14-23,27-29,38-42,54H,24-26H2,1H3,(H,51,60)(H,55,56)(H3,49,50,59)/t29-,38+,39+,40?,41-,42-,48+/m0/s1. The SMILES string of the molecule is C[C@H](NC(=O)N1C(=O)[C@@]2(c3cc(C#CCNC(N)=O)ccc31)[C@H](c1cccc(OCCO)c1)N1C(C(=O)O[C@@H](c3ccccc3)[C@H]1c1ccccc1)[C@@H]2C(=O)O)c1ccccc1. The van der Waals surface area contributed by atoms with Crippen LogP contribution in [-0.4, -0.2) is 70.8 Å². The Morgan fingerprint density at radius 2 is 1.52 bits per heavy atom. The zero-order chi connectivity index (χ0) is 43.5. The number of esters is 1. The average Bonchev–Trinajstić information content (AvgIpc) is 3.74. The lowest BCUT2D eigenvalue weighted by Crippen LogP contribution is -2.54. The first-order chi connectivity index (χ1) is 30.1. The number of anilines is 1. The maximum absolute atomic E-state index is 16.1. The van der Waals surface area contributed by atoms with Crippen molar-refractivity contribution in [3.8, 4) is 17.6 Å². The Labute approximate surface area is 357 Å². The minimum Gasteiger partial charge on any atom is -0.491 e. The summed E-state index contributed by atoms with van der Waals surface area (Å²) in [5.74, 6) is 1.06. The topological polar surface area (TPSA) is 201 Å². The number of aliphatic hydroxyl groups is 1. The monoisotopic (exact) mass is 833 g/mol. The van der Waals surface area contributed by atoms with Gasteiger partial charge in [0.25, 0.3) is 0 Å². The summed E-state index contributed by atoms with van der Waals surface area (Å²) in [5, 5.41) is 26.6. The zero-order valence-corrected chi connectivity index (χ0v) is 33.5. The molecule has 0 bridgehead atoms. The molecular formula is C48H43N5O9. The van der Waals surface area contributed by atoms with Crippen LogP contribution in [0.3, 0.4) is 0 Å². The summed E-state index contributed by atoms with van der Waals surface area (Å²) < 4.78 is 12.2. The van der Waals surface area contributed by atoms with Gasteiger partial charge in [-0.1, -0.05) is 115 Å². The van der Waals surface area contributed by atoms with Crippen LogP contribution in [0.5, 0.6) is 5.75 Å².